The second kappa shape index (κ2) is 6.19. The molecule has 2 heterocycles. The summed E-state index contributed by atoms with van der Waals surface area (Å²) >= 11 is 11.9. The number of aromatic carboxylic acids is 1. The third kappa shape index (κ3) is 3.31. The molecule has 0 atom stereocenters. The number of carbonyl (C=O) groups is 2. The van der Waals surface area contributed by atoms with Crippen molar-refractivity contribution in [2.75, 3.05) is 0 Å². The molecular weight excluding hydrogens is 358 g/mol. The van der Waals surface area contributed by atoms with Crippen molar-refractivity contribution in [1.29, 1.82) is 0 Å². The summed E-state index contributed by atoms with van der Waals surface area (Å²) in [5.74, 6) is -0.438. The lowest BCUT2D eigenvalue weighted by Crippen LogP contribution is -2.17. The van der Waals surface area contributed by atoms with E-state index >= 15 is 0 Å². The Kier molecular flexibility index (Phi) is 4.25. The number of benzene rings is 1. The number of carboxylic acids is 1. The van der Waals surface area contributed by atoms with E-state index in [1.165, 1.54) is 12.1 Å². The minimum Gasteiger partial charge on any atom is -0.478 e. The van der Waals surface area contributed by atoms with Crippen LogP contribution < -0.4 is 5.32 Å². The van der Waals surface area contributed by atoms with E-state index in [4.69, 9.17) is 33.3 Å². The van der Waals surface area contributed by atoms with Crippen molar-refractivity contribution >= 4 is 57.9 Å². The Hall–Kier alpha value is -2.09. The first-order valence-corrected chi connectivity index (χ1v) is 7.92. The van der Waals surface area contributed by atoms with Gasteiger partial charge in [0.1, 0.15) is 15.8 Å². The molecule has 3 rings (SSSR count). The van der Waals surface area contributed by atoms with Gasteiger partial charge < -0.3 is 14.8 Å². The van der Waals surface area contributed by atoms with Crippen LogP contribution in [-0.4, -0.2) is 21.3 Å². The lowest BCUT2D eigenvalue weighted by Gasteiger charge is -2.02. The number of rotatable bonds is 3. The van der Waals surface area contributed by atoms with Crippen molar-refractivity contribution in [2.24, 2.45) is 0 Å². The van der Waals surface area contributed by atoms with E-state index in [1.807, 2.05) is 0 Å². The topological polar surface area (TPSA) is 79.5 Å². The van der Waals surface area contributed by atoms with Gasteiger partial charge in [-0.05, 0) is 30.3 Å². The Morgan fingerprint density at radius 3 is 2.78 bits per heavy atom. The van der Waals surface area contributed by atoms with Gasteiger partial charge in [-0.2, -0.15) is 0 Å². The van der Waals surface area contributed by atoms with Crippen molar-refractivity contribution in [3.05, 3.63) is 51.6 Å². The summed E-state index contributed by atoms with van der Waals surface area (Å²) in [5.41, 5.74) is 0.576. The van der Waals surface area contributed by atoms with Crippen LogP contribution in [0.3, 0.4) is 0 Å². The highest BCUT2D eigenvalue weighted by Gasteiger charge is 2.22. The first kappa shape index (κ1) is 15.8. The van der Waals surface area contributed by atoms with Gasteiger partial charge in [-0.3, -0.25) is 4.79 Å². The molecule has 5 nitrogen and oxygen atoms in total. The van der Waals surface area contributed by atoms with Crippen molar-refractivity contribution in [3.63, 3.8) is 0 Å². The molecule has 1 aliphatic rings. The summed E-state index contributed by atoms with van der Waals surface area (Å²) < 4.78 is 6.04. The van der Waals surface area contributed by atoms with E-state index in [0.29, 0.717) is 26.3 Å². The number of thioether (sulfide) groups is 1. The number of carbonyl (C=O) groups excluding carboxylic acids is 1. The Morgan fingerprint density at radius 1 is 1.35 bits per heavy atom. The molecule has 0 unspecified atom stereocenters. The van der Waals surface area contributed by atoms with Crippen LogP contribution in [0.25, 0.3) is 17.4 Å². The molecule has 1 fully saturated rings. The Balaban J connectivity index is 1.92. The van der Waals surface area contributed by atoms with Crippen molar-refractivity contribution in [3.8, 4) is 11.3 Å². The van der Waals surface area contributed by atoms with E-state index in [0.717, 1.165) is 11.8 Å². The van der Waals surface area contributed by atoms with Crippen LogP contribution in [0.15, 0.2) is 39.7 Å². The zero-order chi connectivity index (χ0) is 16.6. The molecule has 0 radical (unpaired) electrons. The lowest BCUT2D eigenvalue weighted by atomic mass is 10.1. The van der Waals surface area contributed by atoms with Gasteiger partial charge in [0.05, 0.1) is 15.5 Å². The predicted octanol–water partition coefficient (Wildman–Crippen LogP) is 3.79. The second-order valence-corrected chi connectivity index (χ2v) is 6.68. The van der Waals surface area contributed by atoms with Crippen molar-refractivity contribution in [2.45, 2.75) is 0 Å². The highest BCUT2D eigenvalue weighted by Crippen LogP contribution is 2.30. The van der Waals surface area contributed by atoms with E-state index in [-0.39, 0.29) is 16.5 Å². The summed E-state index contributed by atoms with van der Waals surface area (Å²) in [6.07, 6.45) is 1.58. The highest BCUT2D eigenvalue weighted by molar-refractivity contribution is 8.26. The summed E-state index contributed by atoms with van der Waals surface area (Å²) in [4.78, 5) is 23.2. The van der Waals surface area contributed by atoms with Crippen LogP contribution in [0.2, 0.25) is 5.02 Å². The van der Waals surface area contributed by atoms with Gasteiger partial charge in [-0.25, -0.2) is 4.79 Å². The Morgan fingerprint density at radius 2 is 2.13 bits per heavy atom. The number of carboxylic acid groups (broad SMARTS) is 1. The highest BCUT2D eigenvalue weighted by atomic mass is 35.5. The zero-order valence-electron chi connectivity index (χ0n) is 11.3. The predicted molar refractivity (Wildman–Crippen MR) is 92.4 cm³/mol. The molecule has 0 spiro atoms. The van der Waals surface area contributed by atoms with Gasteiger partial charge in [-0.15, -0.1) is 0 Å². The molecule has 23 heavy (non-hydrogen) atoms. The van der Waals surface area contributed by atoms with Crippen LogP contribution in [0.1, 0.15) is 16.1 Å². The lowest BCUT2D eigenvalue weighted by molar-refractivity contribution is -0.115. The smallest absolute Gasteiger partial charge is 0.337 e. The maximum atomic E-state index is 11.6. The molecular formula is C15H8ClNO4S2. The Labute approximate surface area is 145 Å². The number of thiocarbonyl (C=S) groups is 1. The van der Waals surface area contributed by atoms with Crippen LogP contribution in [0, 0.1) is 0 Å². The largest absolute Gasteiger partial charge is 0.478 e. The maximum Gasteiger partial charge on any atom is 0.337 e. The van der Waals surface area contributed by atoms with Crippen LogP contribution >= 0.6 is 35.6 Å². The number of halogens is 1. The molecule has 1 amide bonds. The van der Waals surface area contributed by atoms with E-state index in [1.54, 1.807) is 24.3 Å². The molecule has 0 aliphatic carbocycles. The fourth-order valence-electron chi connectivity index (χ4n) is 1.98. The molecule has 1 saturated heterocycles. The van der Waals surface area contributed by atoms with Crippen LogP contribution in [0.5, 0.6) is 0 Å². The number of hydrogen-bond donors (Lipinski definition) is 2. The monoisotopic (exact) mass is 365 g/mol. The molecule has 1 aromatic heterocycles. The van der Waals surface area contributed by atoms with Crippen molar-refractivity contribution < 1.29 is 19.1 Å². The summed E-state index contributed by atoms with van der Waals surface area (Å²) in [5, 5.41) is 11.8. The number of hydrogen-bond acceptors (Lipinski definition) is 5. The van der Waals surface area contributed by atoms with E-state index in [9.17, 15) is 9.59 Å². The molecule has 116 valence electrons. The molecule has 2 N–H and O–H groups in total. The molecule has 1 aliphatic heterocycles. The van der Waals surface area contributed by atoms with Crippen LogP contribution in [-0.2, 0) is 4.79 Å². The van der Waals surface area contributed by atoms with E-state index < -0.39 is 5.97 Å². The third-order valence-electron chi connectivity index (χ3n) is 3.02. The molecule has 0 saturated carbocycles. The minimum atomic E-state index is -1.11. The first-order valence-electron chi connectivity index (χ1n) is 6.32. The Bertz CT molecular complexity index is 872. The fourth-order valence-corrected chi connectivity index (χ4v) is 3.20. The van der Waals surface area contributed by atoms with Gasteiger partial charge in [0, 0.05) is 11.6 Å². The second-order valence-electron chi connectivity index (χ2n) is 4.55. The van der Waals surface area contributed by atoms with Gasteiger partial charge in [0.15, 0.2) is 0 Å². The summed E-state index contributed by atoms with van der Waals surface area (Å²) in [7, 11) is 0. The third-order valence-corrected chi connectivity index (χ3v) is 4.52. The standard InChI is InChI=1S/C15H8ClNO4S2/c16-10-3-1-7(5-9(10)14(19)20)11-4-2-8(21-11)6-12-13(18)17-15(22)23-12/h1-6H,(H,19,20)(H,17,18,22). The van der Waals surface area contributed by atoms with Crippen LogP contribution in [0.4, 0.5) is 0 Å². The SMILES string of the molecule is O=C1NC(=S)SC1=Cc1ccc(-c2ccc(Cl)c(C(=O)O)c2)o1. The average molecular weight is 366 g/mol. The minimum absolute atomic E-state index is 0.00320. The number of amides is 1. The quantitative estimate of drug-likeness (QED) is 0.636. The van der Waals surface area contributed by atoms with Crippen molar-refractivity contribution in [1.82, 2.24) is 5.32 Å². The normalized spacial score (nSPS) is 16.0. The number of nitrogens with one attached hydrogen (secondary N) is 1. The van der Waals surface area contributed by atoms with Gasteiger partial charge in [0.2, 0.25) is 0 Å². The van der Waals surface area contributed by atoms with Gasteiger partial charge in [-0.1, -0.05) is 35.6 Å². The summed E-state index contributed by atoms with van der Waals surface area (Å²) in [6.45, 7) is 0. The fraction of sp³-hybridized carbons (Fsp3) is 0. The average Bonchev–Trinajstić information content (AvgIpc) is 3.06. The summed E-state index contributed by atoms with van der Waals surface area (Å²) in [6, 6.07) is 7.98. The van der Waals surface area contributed by atoms with Gasteiger partial charge >= 0.3 is 5.97 Å². The molecule has 2 aromatic rings. The zero-order valence-corrected chi connectivity index (χ0v) is 13.7. The molecule has 1 aromatic carbocycles. The number of furan rings is 1. The molecule has 8 heteroatoms. The molecule has 0 bridgehead atoms. The van der Waals surface area contributed by atoms with Gasteiger partial charge in [0.25, 0.3) is 5.91 Å². The first-order chi connectivity index (χ1) is 10.9. The van der Waals surface area contributed by atoms with E-state index in [2.05, 4.69) is 5.32 Å². The maximum absolute atomic E-state index is 11.6.